The van der Waals surface area contributed by atoms with E-state index < -0.39 is 4.92 Å². The van der Waals surface area contributed by atoms with Crippen LogP contribution in [-0.2, 0) is 6.61 Å². The average molecular weight is 362 g/mol. The molecule has 0 saturated heterocycles. The molecule has 0 N–H and O–H groups in total. The van der Waals surface area contributed by atoms with Gasteiger partial charge in [0.2, 0.25) is 0 Å². The van der Waals surface area contributed by atoms with Crippen molar-refractivity contribution < 1.29 is 14.4 Å². The number of hydrogen-bond acceptors (Lipinski definition) is 6. The maximum Gasteiger partial charge on any atom is 0.314 e. The van der Waals surface area contributed by atoms with Gasteiger partial charge in [0.25, 0.3) is 5.56 Å². The maximum atomic E-state index is 12.1. The Kier molecular flexibility index (Phi) is 4.53. The highest BCUT2D eigenvalue weighted by Crippen LogP contribution is 2.31. The number of nitro benzene ring substituents is 1. The fourth-order valence-corrected chi connectivity index (χ4v) is 2.40. The van der Waals surface area contributed by atoms with Crippen molar-refractivity contribution in [3.63, 3.8) is 0 Å². The lowest BCUT2D eigenvalue weighted by atomic mass is 10.3. The normalized spacial score (nSPS) is 10.6. The third-order valence-electron chi connectivity index (χ3n) is 3.41. The van der Waals surface area contributed by atoms with Crippen molar-refractivity contribution in [1.29, 1.82) is 0 Å². The fraction of sp³-hybridized carbons (Fsp3) is 0.125. The minimum absolute atomic E-state index is 0.0592. The molecule has 0 atom stereocenters. The second-order valence-electron chi connectivity index (χ2n) is 5.04. The highest BCUT2D eigenvalue weighted by molar-refractivity contribution is 6.30. The lowest BCUT2D eigenvalue weighted by Gasteiger charge is -2.08. The number of halogens is 1. The Morgan fingerprint density at radius 2 is 2.08 bits per heavy atom. The van der Waals surface area contributed by atoms with Crippen molar-refractivity contribution in [2.75, 3.05) is 7.11 Å². The zero-order valence-corrected chi connectivity index (χ0v) is 13.8. The summed E-state index contributed by atoms with van der Waals surface area (Å²) in [5.74, 6) is 0.405. The molecule has 0 spiro atoms. The van der Waals surface area contributed by atoms with Gasteiger partial charge in [-0.3, -0.25) is 19.3 Å². The first-order valence-corrected chi connectivity index (χ1v) is 7.49. The van der Waals surface area contributed by atoms with Gasteiger partial charge in [-0.1, -0.05) is 11.6 Å². The van der Waals surface area contributed by atoms with E-state index in [9.17, 15) is 14.9 Å². The molecule has 0 aliphatic heterocycles. The van der Waals surface area contributed by atoms with E-state index in [2.05, 4.69) is 4.98 Å². The Balaban J connectivity index is 1.89. The third kappa shape index (κ3) is 3.53. The Morgan fingerprint density at radius 1 is 1.28 bits per heavy atom. The molecular weight excluding hydrogens is 350 g/mol. The van der Waals surface area contributed by atoms with Crippen LogP contribution in [0.25, 0.3) is 5.65 Å². The van der Waals surface area contributed by atoms with Crippen LogP contribution in [0.5, 0.6) is 11.5 Å². The summed E-state index contributed by atoms with van der Waals surface area (Å²) in [6.07, 6.45) is 1.46. The van der Waals surface area contributed by atoms with Gasteiger partial charge in [0.05, 0.1) is 28.8 Å². The zero-order valence-electron chi connectivity index (χ0n) is 13.0. The molecule has 0 saturated carbocycles. The van der Waals surface area contributed by atoms with E-state index in [0.29, 0.717) is 22.1 Å². The minimum atomic E-state index is -0.567. The Bertz CT molecular complexity index is 1020. The summed E-state index contributed by atoms with van der Waals surface area (Å²) in [4.78, 5) is 27.0. The minimum Gasteiger partial charge on any atom is -0.496 e. The first kappa shape index (κ1) is 16.7. The van der Waals surface area contributed by atoms with E-state index in [4.69, 9.17) is 21.1 Å². The van der Waals surface area contributed by atoms with Gasteiger partial charge in [-0.2, -0.15) is 0 Å². The molecule has 9 heteroatoms. The van der Waals surface area contributed by atoms with Crippen molar-refractivity contribution in [2.24, 2.45) is 0 Å². The van der Waals surface area contributed by atoms with E-state index >= 15 is 0 Å². The monoisotopic (exact) mass is 361 g/mol. The van der Waals surface area contributed by atoms with E-state index in [1.54, 1.807) is 18.2 Å². The molecule has 3 rings (SSSR count). The number of rotatable bonds is 5. The van der Waals surface area contributed by atoms with Crippen molar-refractivity contribution >= 4 is 22.9 Å². The highest BCUT2D eigenvalue weighted by atomic mass is 35.5. The lowest BCUT2D eigenvalue weighted by Crippen LogP contribution is -2.16. The van der Waals surface area contributed by atoms with Crippen molar-refractivity contribution in [3.05, 3.63) is 73.8 Å². The number of nitrogens with zero attached hydrogens (tertiary/aromatic N) is 3. The summed E-state index contributed by atoms with van der Waals surface area (Å²) in [5.41, 5.74) is 0.191. The Labute approximate surface area is 146 Å². The van der Waals surface area contributed by atoms with Crippen LogP contribution in [0.15, 0.2) is 47.4 Å². The van der Waals surface area contributed by atoms with E-state index in [1.807, 2.05) is 0 Å². The molecule has 0 fully saturated rings. The highest BCUT2D eigenvalue weighted by Gasteiger charge is 2.17. The van der Waals surface area contributed by atoms with Gasteiger partial charge in [-0.25, -0.2) is 4.98 Å². The molecule has 0 aliphatic rings. The number of methoxy groups -OCH3 is 1. The largest absolute Gasteiger partial charge is 0.496 e. The van der Waals surface area contributed by atoms with Crippen LogP contribution in [0, 0.1) is 10.1 Å². The summed E-state index contributed by atoms with van der Waals surface area (Å²) in [6.45, 7) is -0.0957. The first-order chi connectivity index (χ1) is 12.0. The summed E-state index contributed by atoms with van der Waals surface area (Å²) >= 11 is 5.86. The van der Waals surface area contributed by atoms with Gasteiger partial charge in [0.15, 0.2) is 5.75 Å². The summed E-state index contributed by atoms with van der Waals surface area (Å²) in [7, 11) is 1.41. The Hall–Kier alpha value is -3.13. The predicted molar refractivity (Wildman–Crippen MR) is 90.5 cm³/mol. The van der Waals surface area contributed by atoms with Gasteiger partial charge in [0.1, 0.15) is 18.0 Å². The number of pyridine rings is 1. The molecule has 0 bridgehead atoms. The van der Waals surface area contributed by atoms with Gasteiger partial charge in [0, 0.05) is 12.3 Å². The van der Waals surface area contributed by atoms with E-state index in [1.165, 1.54) is 35.9 Å². The standard InChI is InChI=1S/C16H12ClN3O5/c1-24-12-3-4-14(13(7-12)20(22)23)25-9-11-6-16(21)19-8-10(17)2-5-15(19)18-11/h2-8H,9H2,1H3. The van der Waals surface area contributed by atoms with Crippen LogP contribution in [-0.4, -0.2) is 21.4 Å². The third-order valence-corrected chi connectivity index (χ3v) is 3.64. The molecule has 8 nitrogen and oxygen atoms in total. The molecule has 3 aromatic rings. The SMILES string of the molecule is COc1ccc(OCc2cc(=O)n3cc(Cl)ccc3n2)c([N+](=O)[O-])c1. The molecule has 25 heavy (non-hydrogen) atoms. The van der Waals surface area contributed by atoms with E-state index in [0.717, 1.165) is 0 Å². The second-order valence-corrected chi connectivity index (χ2v) is 5.48. The van der Waals surface area contributed by atoms with Crippen LogP contribution in [0.2, 0.25) is 5.02 Å². The average Bonchev–Trinajstić information content (AvgIpc) is 2.60. The molecule has 128 valence electrons. The van der Waals surface area contributed by atoms with Crippen LogP contribution >= 0.6 is 11.6 Å². The quantitative estimate of drug-likeness (QED) is 0.512. The Morgan fingerprint density at radius 3 is 2.80 bits per heavy atom. The number of ether oxygens (including phenoxy) is 2. The maximum absolute atomic E-state index is 12.1. The topological polar surface area (TPSA) is 96.0 Å². The van der Waals surface area contributed by atoms with Crippen LogP contribution in [0.3, 0.4) is 0 Å². The van der Waals surface area contributed by atoms with Crippen molar-refractivity contribution in [3.8, 4) is 11.5 Å². The molecule has 0 aliphatic carbocycles. The smallest absolute Gasteiger partial charge is 0.314 e. The first-order valence-electron chi connectivity index (χ1n) is 7.11. The number of fused-ring (bicyclic) bond motifs is 1. The van der Waals surface area contributed by atoms with Crippen LogP contribution in [0.1, 0.15) is 5.69 Å². The molecular formula is C16H12ClN3O5. The summed E-state index contributed by atoms with van der Waals surface area (Å²) < 4.78 is 11.8. The van der Waals surface area contributed by atoms with E-state index in [-0.39, 0.29) is 23.6 Å². The zero-order chi connectivity index (χ0) is 18.0. The molecule has 0 radical (unpaired) electrons. The van der Waals surface area contributed by atoms with Gasteiger partial charge in [-0.05, 0) is 24.3 Å². The number of hydrogen-bond donors (Lipinski definition) is 0. The predicted octanol–water partition coefficient (Wildman–Crippen LogP) is 2.84. The van der Waals surface area contributed by atoms with Crippen LogP contribution < -0.4 is 15.0 Å². The number of benzene rings is 1. The fourth-order valence-electron chi connectivity index (χ4n) is 2.24. The van der Waals surface area contributed by atoms with Crippen molar-refractivity contribution in [2.45, 2.75) is 6.61 Å². The van der Waals surface area contributed by atoms with Crippen molar-refractivity contribution in [1.82, 2.24) is 9.38 Å². The molecule has 0 amide bonds. The molecule has 1 aromatic carbocycles. The molecule has 2 heterocycles. The number of nitro groups is 1. The second kappa shape index (κ2) is 6.78. The van der Waals surface area contributed by atoms with Gasteiger partial charge in [-0.15, -0.1) is 0 Å². The molecule has 0 unspecified atom stereocenters. The molecule has 2 aromatic heterocycles. The summed E-state index contributed by atoms with van der Waals surface area (Å²) in [5, 5.41) is 11.6. The lowest BCUT2D eigenvalue weighted by molar-refractivity contribution is -0.386. The van der Waals surface area contributed by atoms with Crippen LogP contribution in [0.4, 0.5) is 5.69 Å². The van der Waals surface area contributed by atoms with Gasteiger partial charge >= 0.3 is 5.69 Å². The summed E-state index contributed by atoms with van der Waals surface area (Å²) in [6, 6.07) is 8.75. The van der Waals surface area contributed by atoms with Gasteiger partial charge < -0.3 is 9.47 Å². The number of aromatic nitrogens is 2.